The highest BCUT2D eigenvalue weighted by atomic mass is 79.9. The van der Waals surface area contributed by atoms with Gasteiger partial charge in [-0.3, -0.25) is 9.48 Å². The van der Waals surface area contributed by atoms with Crippen molar-refractivity contribution in [2.45, 2.75) is 38.8 Å². The molecule has 0 aromatic carbocycles. The summed E-state index contributed by atoms with van der Waals surface area (Å²) >= 11 is 3.40. The molecule has 1 aromatic rings. The van der Waals surface area contributed by atoms with Crippen LogP contribution in [0, 0.1) is 6.92 Å². The van der Waals surface area contributed by atoms with Gasteiger partial charge in [0.25, 0.3) is 5.91 Å². The van der Waals surface area contributed by atoms with E-state index in [1.54, 1.807) is 4.68 Å². The second-order valence-corrected chi connectivity index (χ2v) is 5.48. The van der Waals surface area contributed by atoms with Gasteiger partial charge in [0, 0.05) is 13.7 Å². The molecule has 1 aromatic heterocycles. The monoisotopic (exact) mass is 315 g/mol. The highest BCUT2D eigenvalue weighted by Gasteiger charge is 2.26. The van der Waals surface area contributed by atoms with Gasteiger partial charge in [-0.15, -0.1) is 0 Å². The van der Waals surface area contributed by atoms with E-state index in [0.29, 0.717) is 5.69 Å². The third kappa shape index (κ3) is 2.59. The van der Waals surface area contributed by atoms with E-state index >= 15 is 0 Å². The van der Waals surface area contributed by atoms with E-state index in [2.05, 4.69) is 26.3 Å². The van der Waals surface area contributed by atoms with E-state index in [9.17, 15) is 4.79 Å². The van der Waals surface area contributed by atoms with Gasteiger partial charge >= 0.3 is 0 Å². The minimum absolute atomic E-state index is 0.00853. The van der Waals surface area contributed by atoms with Crippen LogP contribution in [-0.4, -0.2) is 34.4 Å². The van der Waals surface area contributed by atoms with Crippen LogP contribution < -0.4 is 5.32 Å². The van der Waals surface area contributed by atoms with Crippen LogP contribution in [0.4, 0.5) is 0 Å². The summed E-state index contributed by atoms with van der Waals surface area (Å²) in [4.78, 5) is 12.1. The smallest absolute Gasteiger partial charge is 0.273 e. The lowest BCUT2D eigenvalue weighted by Gasteiger charge is -2.19. The minimum Gasteiger partial charge on any atom is -0.376 e. The Morgan fingerprint density at radius 2 is 2.39 bits per heavy atom. The summed E-state index contributed by atoms with van der Waals surface area (Å²) in [6, 6.07) is 0.00853. The molecule has 2 rings (SSSR count). The first-order valence-corrected chi connectivity index (χ1v) is 6.91. The van der Waals surface area contributed by atoms with Gasteiger partial charge in [0.1, 0.15) is 0 Å². The van der Waals surface area contributed by atoms with Gasteiger partial charge < -0.3 is 10.1 Å². The number of carbonyl (C=O) groups excluding carboxylic acids is 1. The van der Waals surface area contributed by atoms with E-state index in [-0.39, 0.29) is 18.1 Å². The number of ether oxygens (including phenoxy) is 1. The number of halogens is 1. The summed E-state index contributed by atoms with van der Waals surface area (Å²) in [5.41, 5.74) is 1.37. The second kappa shape index (κ2) is 5.40. The minimum atomic E-state index is -0.159. The zero-order valence-corrected chi connectivity index (χ0v) is 12.5. The molecule has 1 fully saturated rings. The van der Waals surface area contributed by atoms with Crippen molar-refractivity contribution in [3.63, 3.8) is 0 Å². The van der Waals surface area contributed by atoms with Crippen LogP contribution in [0.5, 0.6) is 0 Å². The fourth-order valence-corrected chi connectivity index (χ4v) is 2.61. The third-order valence-corrected chi connectivity index (χ3v) is 4.31. The average molecular weight is 316 g/mol. The zero-order valence-electron chi connectivity index (χ0n) is 10.9. The Kier molecular flexibility index (Phi) is 4.07. The van der Waals surface area contributed by atoms with Crippen molar-refractivity contribution in [1.82, 2.24) is 15.1 Å². The first-order chi connectivity index (χ1) is 8.50. The van der Waals surface area contributed by atoms with Gasteiger partial charge in [0.2, 0.25) is 0 Å². The van der Waals surface area contributed by atoms with Gasteiger partial charge in [0.05, 0.1) is 22.3 Å². The Morgan fingerprint density at radius 3 is 2.89 bits per heavy atom. The van der Waals surface area contributed by atoms with Crippen LogP contribution in [0.25, 0.3) is 0 Å². The van der Waals surface area contributed by atoms with Crippen molar-refractivity contribution in [2.24, 2.45) is 7.05 Å². The summed E-state index contributed by atoms with van der Waals surface area (Å²) in [5.74, 6) is -0.159. The van der Waals surface area contributed by atoms with Crippen molar-refractivity contribution in [3.8, 4) is 0 Å². The van der Waals surface area contributed by atoms with Gasteiger partial charge in [-0.2, -0.15) is 5.10 Å². The van der Waals surface area contributed by atoms with Crippen molar-refractivity contribution in [1.29, 1.82) is 0 Å². The summed E-state index contributed by atoms with van der Waals surface area (Å²) < 4.78 is 8.00. The zero-order chi connectivity index (χ0) is 13.3. The van der Waals surface area contributed by atoms with Crippen LogP contribution in [0.15, 0.2) is 4.47 Å². The number of amides is 1. The molecular weight excluding hydrogens is 298 g/mol. The normalized spacial score (nSPS) is 21.0. The van der Waals surface area contributed by atoms with E-state index in [1.807, 2.05) is 20.9 Å². The third-order valence-electron chi connectivity index (χ3n) is 3.36. The lowest BCUT2D eigenvalue weighted by Crippen LogP contribution is -2.41. The molecule has 6 heteroatoms. The molecule has 0 bridgehead atoms. The fraction of sp³-hybridized carbons (Fsp3) is 0.667. The molecule has 0 saturated carbocycles. The number of aromatic nitrogens is 2. The largest absolute Gasteiger partial charge is 0.376 e. The summed E-state index contributed by atoms with van der Waals surface area (Å²) in [6.07, 6.45) is 2.19. The van der Waals surface area contributed by atoms with Crippen LogP contribution in [0.1, 0.15) is 35.9 Å². The number of hydrogen-bond acceptors (Lipinski definition) is 3. The standard InChI is InChI=1S/C12H18BrN3O2/c1-7(9-5-4-6-18-9)14-12(17)11-10(13)8(2)16(3)15-11/h7,9H,4-6H2,1-3H3,(H,14,17)/t7-,9+/m1/s1. The first kappa shape index (κ1) is 13.5. The van der Waals surface area contributed by atoms with E-state index in [1.165, 1.54) is 0 Å². The maximum absolute atomic E-state index is 12.1. The molecule has 1 aliphatic rings. The molecule has 1 aliphatic heterocycles. The predicted molar refractivity (Wildman–Crippen MR) is 71.5 cm³/mol. The van der Waals surface area contributed by atoms with Crippen molar-refractivity contribution >= 4 is 21.8 Å². The molecule has 1 N–H and O–H groups in total. The molecular formula is C12H18BrN3O2. The van der Waals surface area contributed by atoms with E-state index in [4.69, 9.17) is 4.74 Å². The maximum Gasteiger partial charge on any atom is 0.273 e. The fourth-order valence-electron chi connectivity index (χ4n) is 2.09. The summed E-state index contributed by atoms with van der Waals surface area (Å²) in [6.45, 7) is 4.67. The maximum atomic E-state index is 12.1. The Labute approximate surface area is 115 Å². The molecule has 100 valence electrons. The van der Waals surface area contributed by atoms with E-state index < -0.39 is 0 Å². The molecule has 0 unspecified atom stereocenters. The highest BCUT2D eigenvalue weighted by molar-refractivity contribution is 9.10. The van der Waals surface area contributed by atoms with Crippen molar-refractivity contribution < 1.29 is 9.53 Å². The van der Waals surface area contributed by atoms with Crippen molar-refractivity contribution in [3.05, 3.63) is 15.9 Å². The number of carbonyl (C=O) groups is 1. The molecule has 2 heterocycles. The molecule has 2 atom stereocenters. The van der Waals surface area contributed by atoms with Gasteiger partial charge in [-0.05, 0) is 42.6 Å². The molecule has 0 aliphatic carbocycles. The van der Waals surface area contributed by atoms with Crippen LogP contribution in [-0.2, 0) is 11.8 Å². The quantitative estimate of drug-likeness (QED) is 0.925. The molecule has 1 saturated heterocycles. The van der Waals surface area contributed by atoms with Crippen LogP contribution in [0.2, 0.25) is 0 Å². The number of nitrogens with one attached hydrogen (secondary N) is 1. The van der Waals surface area contributed by atoms with Gasteiger partial charge in [-0.1, -0.05) is 0 Å². The molecule has 0 radical (unpaired) electrons. The van der Waals surface area contributed by atoms with Crippen LogP contribution in [0.3, 0.4) is 0 Å². The Hall–Kier alpha value is -0.880. The number of rotatable bonds is 3. The highest BCUT2D eigenvalue weighted by Crippen LogP contribution is 2.21. The summed E-state index contributed by atoms with van der Waals surface area (Å²) in [7, 11) is 1.82. The molecule has 18 heavy (non-hydrogen) atoms. The number of hydrogen-bond donors (Lipinski definition) is 1. The van der Waals surface area contributed by atoms with Gasteiger partial charge in [-0.25, -0.2) is 0 Å². The van der Waals surface area contributed by atoms with Crippen molar-refractivity contribution in [2.75, 3.05) is 6.61 Å². The topological polar surface area (TPSA) is 56.1 Å². The van der Waals surface area contributed by atoms with Gasteiger partial charge in [0.15, 0.2) is 5.69 Å². The second-order valence-electron chi connectivity index (χ2n) is 4.69. The predicted octanol–water partition coefficient (Wildman–Crippen LogP) is 1.79. The Bertz CT molecular complexity index is 452. The average Bonchev–Trinajstić information content (AvgIpc) is 2.94. The van der Waals surface area contributed by atoms with Crippen LogP contribution >= 0.6 is 15.9 Å². The molecule has 0 spiro atoms. The number of aryl methyl sites for hydroxylation is 1. The Balaban J connectivity index is 2.04. The molecule has 5 nitrogen and oxygen atoms in total. The summed E-state index contributed by atoms with van der Waals surface area (Å²) in [5, 5.41) is 7.16. The lowest BCUT2D eigenvalue weighted by atomic mass is 10.1. The van der Waals surface area contributed by atoms with E-state index in [0.717, 1.165) is 29.6 Å². The SMILES string of the molecule is Cc1c(Br)c(C(=O)N[C@H](C)[C@@H]2CCCO2)nn1C. The number of nitrogens with zero attached hydrogens (tertiary/aromatic N) is 2. The lowest BCUT2D eigenvalue weighted by molar-refractivity contribution is 0.0708. The first-order valence-electron chi connectivity index (χ1n) is 6.12. The Morgan fingerprint density at radius 1 is 1.67 bits per heavy atom. The molecule has 1 amide bonds.